The number of H-pyrrole nitrogens is 1. The fourth-order valence-corrected chi connectivity index (χ4v) is 1.17. The molecule has 1 aromatic rings. The molecule has 0 spiro atoms. The monoisotopic (exact) mass is 187 g/mol. The SMILES string of the molecule is C=c1cc[nH]c(=C)ccc(C(C)C)c1. The Morgan fingerprint density at radius 3 is 2.50 bits per heavy atom. The zero-order chi connectivity index (χ0) is 10.6. The van der Waals surface area contributed by atoms with Crippen LogP contribution in [0.15, 0.2) is 30.5 Å². The minimum Gasteiger partial charge on any atom is -0.362 e. The van der Waals surface area contributed by atoms with Crippen LogP contribution in [0.3, 0.4) is 0 Å². The second-order valence-electron chi connectivity index (χ2n) is 3.71. The van der Waals surface area contributed by atoms with Gasteiger partial charge in [0.2, 0.25) is 0 Å². The van der Waals surface area contributed by atoms with E-state index in [4.69, 9.17) is 0 Å². The van der Waals surface area contributed by atoms with E-state index < -0.39 is 0 Å². The Kier molecular flexibility index (Phi) is 3.52. The molecule has 1 heteroatoms. The Morgan fingerprint density at radius 1 is 1.14 bits per heavy atom. The number of aromatic amines is 1. The highest BCUT2D eigenvalue weighted by Crippen LogP contribution is 2.08. The Labute approximate surface area is 85.1 Å². The van der Waals surface area contributed by atoms with Crippen LogP contribution >= 0.6 is 0 Å². The largest absolute Gasteiger partial charge is 0.362 e. The molecule has 1 N–H and O–H groups in total. The normalized spacial score (nSPS) is 9.93. The molecule has 0 aliphatic rings. The van der Waals surface area contributed by atoms with Gasteiger partial charge in [0.05, 0.1) is 0 Å². The van der Waals surface area contributed by atoms with Crippen LogP contribution in [-0.4, -0.2) is 4.98 Å². The molecule has 0 bridgehead atoms. The van der Waals surface area contributed by atoms with Gasteiger partial charge >= 0.3 is 0 Å². The van der Waals surface area contributed by atoms with Crippen LogP contribution in [0.2, 0.25) is 0 Å². The molecule has 14 heavy (non-hydrogen) atoms. The maximum absolute atomic E-state index is 3.95. The first kappa shape index (κ1) is 10.6. The topological polar surface area (TPSA) is 15.8 Å². The summed E-state index contributed by atoms with van der Waals surface area (Å²) in [5.74, 6) is 0.502. The highest BCUT2D eigenvalue weighted by atomic mass is 14.6. The second kappa shape index (κ2) is 4.66. The summed E-state index contributed by atoms with van der Waals surface area (Å²) in [5.41, 5.74) is 1.27. The predicted octanol–water partition coefficient (Wildman–Crippen LogP) is 2.08. The van der Waals surface area contributed by atoms with Crippen LogP contribution in [0.5, 0.6) is 0 Å². The van der Waals surface area contributed by atoms with E-state index in [1.54, 1.807) is 0 Å². The van der Waals surface area contributed by atoms with Crippen molar-refractivity contribution in [1.82, 2.24) is 4.98 Å². The van der Waals surface area contributed by atoms with E-state index >= 15 is 0 Å². The first-order valence-electron chi connectivity index (χ1n) is 4.80. The fourth-order valence-electron chi connectivity index (χ4n) is 1.17. The van der Waals surface area contributed by atoms with Gasteiger partial charge in [0.25, 0.3) is 0 Å². The molecule has 0 unspecified atom stereocenters. The smallest absolute Gasteiger partial charge is 0.0306 e. The van der Waals surface area contributed by atoms with Gasteiger partial charge in [-0.3, -0.25) is 0 Å². The Morgan fingerprint density at radius 2 is 1.86 bits per heavy atom. The lowest BCUT2D eigenvalue weighted by molar-refractivity contribution is 0.867. The molecular weight excluding hydrogens is 170 g/mol. The highest BCUT2D eigenvalue weighted by Gasteiger charge is 1.93. The molecule has 0 atom stereocenters. The molecule has 0 saturated heterocycles. The summed E-state index contributed by atoms with van der Waals surface area (Å²) < 4.78 is 0. The van der Waals surface area contributed by atoms with Crippen molar-refractivity contribution < 1.29 is 0 Å². The van der Waals surface area contributed by atoms with E-state index in [1.807, 2.05) is 18.3 Å². The lowest BCUT2D eigenvalue weighted by atomic mass is 10.1. The van der Waals surface area contributed by atoms with Crippen molar-refractivity contribution in [3.63, 3.8) is 0 Å². The van der Waals surface area contributed by atoms with Crippen molar-refractivity contribution in [3.05, 3.63) is 46.6 Å². The molecule has 0 amide bonds. The van der Waals surface area contributed by atoms with Crippen molar-refractivity contribution in [2.24, 2.45) is 0 Å². The molecule has 1 rings (SSSR count). The third kappa shape index (κ3) is 3.09. The molecule has 0 aliphatic carbocycles. The van der Waals surface area contributed by atoms with E-state index in [1.165, 1.54) is 5.56 Å². The van der Waals surface area contributed by atoms with Crippen LogP contribution in [0.4, 0.5) is 0 Å². The van der Waals surface area contributed by atoms with Crippen LogP contribution < -0.4 is 10.6 Å². The van der Waals surface area contributed by atoms with Crippen molar-refractivity contribution in [2.75, 3.05) is 0 Å². The lowest BCUT2D eigenvalue weighted by Crippen LogP contribution is -1.97. The summed E-state index contributed by atoms with van der Waals surface area (Å²) >= 11 is 0. The average Bonchev–Trinajstić information content (AvgIpc) is 2.17. The molecule has 0 saturated carbocycles. The minimum atomic E-state index is 0.502. The summed E-state index contributed by atoms with van der Waals surface area (Å²) in [4.78, 5) is 3.06. The Hall–Kier alpha value is -1.50. The van der Waals surface area contributed by atoms with Crippen molar-refractivity contribution in [3.8, 4) is 0 Å². The molecule has 0 aromatic carbocycles. The summed E-state index contributed by atoms with van der Waals surface area (Å²) in [5, 5.41) is 1.89. The fraction of sp³-hybridized carbons (Fsp3) is 0.231. The zero-order valence-corrected chi connectivity index (χ0v) is 8.88. The van der Waals surface area contributed by atoms with Crippen LogP contribution in [-0.2, 0) is 0 Å². The minimum absolute atomic E-state index is 0.502. The summed E-state index contributed by atoms with van der Waals surface area (Å²) in [6.45, 7) is 12.2. The molecule has 1 aromatic heterocycles. The quantitative estimate of drug-likeness (QED) is 0.693. The zero-order valence-electron chi connectivity index (χ0n) is 8.88. The van der Waals surface area contributed by atoms with Gasteiger partial charge in [0.15, 0.2) is 0 Å². The van der Waals surface area contributed by atoms with E-state index in [0.717, 1.165) is 10.6 Å². The average molecular weight is 187 g/mol. The predicted molar refractivity (Wildman–Crippen MR) is 62.8 cm³/mol. The number of hydrogen-bond acceptors (Lipinski definition) is 0. The van der Waals surface area contributed by atoms with Crippen LogP contribution in [0, 0.1) is 0 Å². The van der Waals surface area contributed by atoms with Crippen molar-refractivity contribution in [2.45, 2.75) is 19.8 Å². The van der Waals surface area contributed by atoms with Crippen molar-refractivity contribution in [1.29, 1.82) is 0 Å². The van der Waals surface area contributed by atoms with E-state index in [-0.39, 0.29) is 0 Å². The maximum atomic E-state index is 3.95. The van der Waals surface area contributed by atoms with Gasteiger partial charge in [-0.25, -0.2) is 0 Å². The van der Waals surface area contributed by atoms with Gasteiger partial charge in [-0.05, 0) is 28.8 Å². The second-order valence-corrected chi connectivity index (χ2v) is 3.71. The van der Waals surface area contributed by atoms with Gasteiger partial charge < -0.3 is 4.98 Å². The summed E-state index contributed by atoms with van der Waals surface area (Å²) in [6, 6.07) is 8.10. The molecule has 0 aliphatic heterocycles. The first-order valence-corrected chi connectivity index (χ1v) is 4.80. The molecule has 0 radical (unpaired) electrons. The number of nitrogens with one attached hydrogen (secondary N) is 1. The Balaban J connectivity index is 3.50. The third-order valence-corrected chi connectivity index (χ3v) is 2.06. The highest BCUT2D eigenvalue weighted by molar-refractivity contribution is 5.18. The number of hydrogen-bond donors (Lipinski definition) is 1. The van der Waals surface area contributed by atoms with Gasteiger partial charge in [-0.2, -0.15) is 0 Å². The van der Waals surface area contributed by atoms with Gasteiger partial charge in [-0.1, -0.05) is 39.1 Å². The van der Waals surface area contributed by atoms with Crippen LogP contribution in [0.25, 0.3) is 13.2 Å². The third-order valence-electron chi connectivity index (χ3n) is 2.06. The molecule has 1 nitrogen and oxygen atoms in total. The van der Waals surface area contributed by atoms with Gasteiger partial charge in [0, 0.05) is 11.5 Å². The van der Waals surface area contributed by atoms with Crippen molar-refractivity contribution >= 4 is 13.2 Å². The van der Waals surface area contributed by atoms with E-state index in [9.17, 15) is 0 Å². The summed E-state index contributed by atoms with van der Waals surface area (Å²) in [7, 11) is 0. The molecule has 1 heterocycles. The van der Waals surface area contributed by atoms with E-state index in [2.05, 4.69) is 44.1 Å². The molecule has 0 fully saturated rings. The standard InChI is InChI=1S/C13H17N/c1-10(2)13-6-5-12(4)14-8-7-11(3)9-13/h5-10,14H,3-4H2,1-2H3. The number of rotatable bonds is 1. The molecule has 74 valence electrons. The van der Waals surface area contributed by atoms with E-state index in [0.29, 0.717) is 5.92 Å². The summed E-state index contributed by atoms with van der Waals surface area (Å²) in [6.07, 6.45) is 1.86. The lowest BCUT2D eigenvalue weighted by Gasteiger charge is -2.00. The van der Waals surface area contributed by atoms with Gasteiger partial charge in [0.1, 0.15) is 0 Å². The van der Waals surface area contributed by atoms with Gasteiger partial charge in [-0.15, -0.1) is 0 Å². The van der Waals surface area contributed by atoms with Crippen LogP contribution in [0.1, 0.15) is 25.3 Å². The first-order chi connectivity index (χ1) is 6.59. The number of aromatic nitrogens is 1. The Bertz CT molecular complexity index is 439. The molecular formula is C13H17N. The maximum Gasteiger partial charge on any atom is 0.0306 e.